The van der Waals surface area contributed by atoms with E-state index in [1.165, 1.54) is 18.4 Å². The van der Waals surface area contributed by atoms with Crippen LogP contribution in [0.4, 0.5) is 0 Å². The summed E-state index contributed by atoms with van der Waals surface area (Å²) >= 11 is 0. The SMILES string of the molecule is O=c1ccccn1CC1=CCCC1. The van der Waals surface area contributed by atoms with Gasteiger partial charge in [-0.1, -0.05) is 17.7 Å². The standard InChI is InChI=1S/C11H13NO/c13-11-7-3-4-8-12(11)9-10-5-1-2-6-10/h3-5,7-8H,1-2,6,9H2. The van der Waals surface area contributed by atoms with E-state index in [4.69, 9.17) is 0 Å². The molecule has 1 aromatic rings. The second kappa shape index (κ2) is 3.60. The van der Waals surface area contributed by atoms with E-state index in [0.717, 1.165) is 13.0 Å². The van der Waals surface area contributed by atoms with E-state index >= 15 is 0 Å². The van der Waals surface area contributed by atoms with Crippen LogP contribution in [0.2, 0.25) is 0 Å². The molecule has 0 amide bonds. The third kappa shape index (κ3) is 1.89. The van der Waals surface area contributed by atoms with Crippen molar-refractivity contribution in [2.24, 2.45) is 0 Å². The van der Waals surface area contributed by atoms with Crippen molar-refractivity contribution in [3.8, 4) is 0 Å². The van der Waals surface area contributed by atoms with E-state index in [0.29, 0.717) is 0 Å². The summed E-state index contributed by atoms with van der Waals surface area (Å²) in [5.41, 5.74) is 1.49. The van der Waals surface area contributed by atoms with E-state index in [1.54, 1.807) is 16.7 Å². The molecule has 2 rings (SSSR count). The highest BCUT2D eigenvalue weighted by atomic mass is 16.1. The van der Waals surface area contributed by atoms with Gasteiger partial charge in [-0.25, -0.2) is 0 Å². The summed E-state index contributed by atoms with van der Waals surface area (Å²) in [4.78, 5) is 11.3. The third-order valence-electron chi connectivity index (χ3n) is 2.41. The Morgan fingerprint density at radius 2 is 2.31 bits per heavy atom. The average molecular weight is 175 g/mol. The smallest absolute Gasteiger partial charge is 0.250 e. The number of aromatic nitrogens is 1. The Balaban J connectivity index is 2.18. The number of nitrogens with zero attached hydrogens (tertiary/aromatic N) is 1. The van der Waals surface area contributed by atoms with Gasteiger partial charge in [-0.3, -0.25) is 4.79 Å². The van der Waals surface area contributed by atoms with E-state index in [2.05, 4.69) is 6.08 Å². The zero-order valence-corrected chi connectivity index (χ0v) is 7.57. The van der Waals surface area contributed by atoms with Crippen LogP contribution in [0.15, 0.2) is 40.8 Å². The number of hydrogen-bond acceptors (Lipinski definition) is 1. The molecule has 0 aromatic carbocycles. The molecule has 68 valence electrons. The van der Waals surface area contributed by atoms with Gasteiger partial charge in [-0.05, 0) is 25.3 Å². The summed E-state index contributed by atoms with van der Waals surface area (Å²) in [6.45, 7) is 0.777. The van der Waals surface area contributed by atoms with Crippen LogP contribution >= 0.6 is 0 Å². The predicted molar refractivity (Wildman–Crippen MR) is 52.6 cm³/mol. The maximum absolute atomic E-state index is 11.3. The topological polar surface area (TPSA) is 22.0 Å². The van der Waals surface area contributed by atoms with Gasteiger partial charge in [0.2, 0.25) is 0 Å². The predicted octanol–water partition coefficient (Wildman–Crippen LogP) is 1.96. The van der Waals surface area contributed by atoms with Crippen LogP contribution in [0.25, 0.3) is 0 Å². The highest BCUT2D eigenvalue weighted by Gasteiger charge is 2.04. The molecule has 1 aliphatic carbocycles. The van der Waals surface area contributed by atoms with E-state index in [-0.39, 0.29) is 5.56 Å². The highest BCUT2D eigenvalue weighted by Crippen LogP contribution is 2.18. The van der Waals surface area contributed by atoms with Crippen LogP contribution < -0.4 is 5.56 Å². The third-order valence-corrected chi connectivity index (χ3v) is 2.41. The van der Waals surface area contributed by atoms with E-state index in [1.807, 2.05) is 12.3 Å². The molecule has 0 bridgehead atoms. The lowest BCUT2D eigenvalue weighted by atomic mass is 10.2. The van der Waals surface area contributed by atoms with Gasteiger partial charge in [-0.15, -0.1) is 0 Å². The first-order chi connectivity index (χ1) is 6.36. The molecule has 1 aromatic heterocycles. The van der Waals surface area contributed by atoms with Crippen molar-refractivity contribution in [3.05, 3.63) is 46.4 Å². The van der Waals surface area contributed by atoms with Crippen molar-refractivity contribution in [2.45, 2.75) is 25.8 Å². The van der Waals surface area contributed by atoms with Crippen molar-refractivity contribution in [3.63, 3.8) is 0 Å². The van der Waals surface area contributed by atoms with Crippen molar-refractivity contribution in [1.82, 2.24) is 4.57 Å². The Kier molecular flexibility index (Phi) is 2.30. The highest BCUT2D eigenvalue weighted by molar-refractivity contribution is 5.08. The van der Waals surface area contributed by atoms with E-state index in [9.17, 15) is 4.79 Å². The minimum atomic E-state index is 0.0929. The molecule has 2 heteroatoms. The number of rotatable bonds is 2. The molecule has 0 spiro atoms. The molecule has 1 aliphatic rings. The lowest BCUT2D eigenvalue weighted by molar-refractivity contribution is 0.721. The summed E-state index contributed by atoms with van der Waals surface area (Å²) in [7, 11) is 0. The van der Waals surface area contributed by atoms with Crippen LogP contribution in [0.3, 0.4) is 0 Å². The Labute approximate surface area is 77.5 Å². The molecule has 0 radical (unpaired) electrons. The Morgan fingerprint density at radius 1 is 1.38 bits per heavy atom. The fourth-order valence-corrected chi connectivity index (χ4v) is 1.69. The first kappa shape index (κ1) is 8.30. The van der Waals surface area contributed by atoms with Gasteiger partial charge >= 0.3 is 0 Å². The first-order valence-electron chi connectivity index (χ1n) is 4.69. The minimum absolute atomic E-state index is 0.0929. The first-order valence-corrected chi connectivity index (χ1v) is 4.69. The van der Waals surface area contributed by atoms with Gasteiger partial charge in [0.05, 0.1) is 0 Å². The Hall–Kier alpha value is -1.31. The zero-order valence-electron chi connectivity index (χ0n) is 7.57. The lowest BCUT2D eigenvalue weighted by Crippen LogP contribution is -2.18. The molecule has 1 heterocycles. The van der Waals surface area contributed by atoms with Crippen molar-refractivity contribution >= 4 is 0 Å². The van der Waals surface area contributed by atoms with Crippen molar-refractivity contribution in [2.75, 3.05) is 0 Å². The van der Waals surface area contributed by atoms with Crippen LogP contribution in [-0.2, 0) is 6.54 Å². The maximum atomic E-state index is 11.3. The molecule has 0 unspecified atom stereocenters. The molecule has 0 saturated carbocycles. The Bertz CT molecular complexity index is 376. The molecule has 0 aliphatic heterocycles. The van der Waals surface area contributed by atoms with Crippen molar-refractivity contribution < 1.29 is 0 Å². The van der Waals surface area contributed by atoms with Crippen LogP contribution in [0, 0.1) is 0 Å². The average Bonchev–Trinajstić information content (AvgIpc) is 2.61. The molecule has 0 atom stereocenters. The largest absolute Gasteiger partial charge is 0.311 e. The van der Waals surface area contributed by atoms with Gasteiger partial charge in [-0.2, -0.15) is 0 Å². The fourth-order valence-electron chi connectivity index (χ4n) is 1.69. The fraction of sp³-hybridized carbons (Fsp3) is 0.364. The normalized spacial score (nSPS) is 15.8. The van der Waals surface area contributed by atoms with Gasteiger partial charge in [0.1, 0.15) is 0 Å². The summed E-state index contributed by atoms with van der Waals surface area (Å²) in [6.07, 6.45) is 7.68. The monoisotopic (exact) mass is 175 g/mol. The number of hydrogen-bond donors (Lipinski definition) is 0. The number of pyridine rings is 1. The molecular weight excluding hydrogens is 162 g/mol. The molecule has 0 saturated heterocycles. The molecule has 2 nitrogen and oxygen atoms in total. The van der Waals surface area contributed by atoms with Gasteiger partial charge in [0, 0.05) is 18.8 Å². The minimum Gasteiger partial charge on any atom is -0.311 e. The zero-order chi connectivity index (χ0) is 9.10. The van der Waals surface area contributed by atoms with Gasteiger partial charge in [0.15, 0.2) is 0 Å². The molecule has 0 fully saturated rings. The quantitative estimate of drug-likeness (QED) is 0.630. The summed E-state index contributed by atoms with van der Waals surface area (Å²) in [5.74, 6) is 0. The lowest BCUT2D eigenvalue weighted by Gasteiger charge is -2.04. The summed E-state index contributed by atoms with van der Waals surface area (Å²) in [5, 5.41) is 0. The summed E-state index contributed by atoms with van der Waals surface area (Å²) in [6, 6.07) is 5.29. The molecule has 13 heavy (non-hydrogen) atoms. The van der Waals surface area contributed by atoms with Crippen molar-refractivity contribution in [1.29, 1.82) is 0 Å². The molecular formula is C11H13NO. The summed E-state index contributed by atoms with van der Waals surface area (Å²) < 4.78 is 1.76. The van der Waals surface area contributed by atoms with Crippen LogP contribution in [0.1, 0.15) is 19.3 Å². The Morgan fingerprint density at radius 3 is 3.00 bits per heavy atom. The van der Waals surface area contributed by atoms with Crippen LogP contribution in [-0.4, -0.2) is 4.57 Å². The second-order valence-corrected chi connectivity index (χ2v) is 3.42. The van der Waals surface area contributed by atoms with Gasteiger partial charge in [0.25, 0.3) is 5.56 Å². The maximum Gasteiger partial charge on any atom is 0.250 e. The molecule has 0 N–H and O–H groups in total. The second-order valence-electron chi connectivity index (χ2n) is 3.42. The van der Waals surface area contributed by atoms with E-state index < -0.39 is 0 Å². The number of allylic oxidation sites excluding steroid dienone is 2. The van der Waals surface area contributed by atoms with Crippen LogP contribution in [0.5, 0.6) is 0 Å². The van der Waals surface area contributed by atoms with Gasteiger partial charge < -0.3 is 4.57 Å².